The SMILES string of the molecule is COC(=O)c1cc(N(C)C(=O)OC(C)(C)C)ccc1N. The molecule has 6 nitrogen and oxygen atoms in total. The number of benzene rings is 1. The second kappa shape index (κ2) is 5.81. The van der Waals surface area contributed by atoms with Crippen LogP contribution in [-0.2, 0) is 9.47 Å². The van der Waals surface area contributed by atoms with E-state index in [9.17, 15) is 9.59 Å². The van der Waals surface area contributed by atoms with Gasteiger partial charge in [0.1, 0.15) is 5.60 Å². The minimum Gasteiger partial charge on any atom is -0.465 e. The summed E-state index contributed by atoms with van der Waals surface area (Å²) in [6.07, 6.45) is -0.516. The molecule has 2 N–H and O–H groups in total. The average molecular weight is 280 g/mol. The van der Waals surface area contributed by atoms with Crippen molar-refractivity contribution in [3.05, 3.63) is 23.8 Å². The predicted octanol–water partition coefficient (Wildman–Crippen LogP) is 2.43. The van der Waals surface area contributed by atoms with Crippen LogP contribution < -0.4 is 10.6 Å². The normalized spacial score (nSPS) is 10.8. The molecule has 0 fully saturated rings. The molecule has 0 atom stereocenters. The zero-order valence-electron chi connectivity index (χ0n) is 12.4. The Labute approximate surface area is 118 Å². The molecule has 1 aromatic rings. The van der Waals surface area contributed by atoms with Gasteiger partial charge in [0.05, 0.1) is 12.7 Å². The molecule has 0 aliphatic carbocycles. The number of esters is 1. The summed E-state index contributed by atoms with van der Waals surface area (Å²) in [5, 5.41) is 0. The van der Waals surface area contributed by atoms with E-state index in [0.717, 1.165) is 0 Å². The molecule has 0 bridgehead atoms. The van der Waals surface area contributed by atoms with Gasteiger partial charge in [0.2, 0.25) is 0 Å². The van der Waals surface area contributed by atoms with E-state index in [1.165, 1.54) is 18.1 Å². The number of carbonyl (C=O) groups is 2. The second-order valence-corrected chi connectivity index (χ2v) is 5.30. The van der Waals surface area contributed by atoms with E-state index in [1.54, 1.807) is 40.0 Å². The first kappa shape index (κ1) is 15.8. The third-order valence-electron chi connectivity index (χ3n) is 2.50. The number of anilines is 2. The van der Waals surface area contributed by atoms with Gasteiger partial charge in [0.25, 0.3) is 0 Å². The first-order valence-electron chi connectivity index (χ1n) is 6.10. The lowest BCUT2D eigenvalue weighted by Gasteiger charge is -2.25. The summed E-state index contributed by atoms with van der Waals surface area (Å²) < 4.78 is 9.89. The van der Waals surface area contributed by atoms with Gasteiger partial charge in [-0.2, -0.15) is 0 Å². The largest absolute Gasteiger partial charge is 0.465 e. The summed E-state index contributed by atoms with van der Waals surface area (Å²) in [5.74, 6) is -0.554. The Morgan fingerprint density at radius 1 is 1.25 bits per heavy atom. The van der Waals surface area contributed by atoms with Crippen molar-refractivity contribution in [2.45, 2.75) is 26.4 Å². The van der Waals surface area contributed by atoms with Crippen LogP contribution in [0.4, 0.5) is 16.2 Å². The number of ether oxygens (including phenoxy) is 2. The Hall–Kier alpha value is -2.24. The summed E-state index contributed by atoms with van der Waals surface area (Å²) in [6.45, 7) is 5.34. The predicted molar refractivity (Wildman–Crippen MR) is 76.8 cm³/mol. The maximum Gasteiger partial charge on any atom is 0.414 e. The Balaban J connectivity index is 3.02. The highest BCUT2D eigenvalue weighted by Crippen LogP contribution is 2.22. The summed E-state index contributed by atoms with van der Waals surface area (Å²) in [6, 6.07) is 4.67. The van der Waals surface area contributed by atoms with Crippen LogP contribution in [0.15, 0.2) is 18.2 Å². The number of nitrogens with two attached hydrogens (primary N) is 1. The van der Waals surface area contributed by atoms with Crippen LogP contribution in [-0.4, -0.2) is 31.8 Å². The number of amides is 1. The highest BCUT2D eigenvalue weighted by Gasteiger charge is 2.21. The van der Waals surface area contributed by atoms with Gasteiger partial charge in [-0.3, -0.25) is 4.90 Å². The molecule has 0 aliphatic rings. The highest BCUT2D eigenvalue weighted by molar-refractivity contribution is 5.97. The van der Waals surface area contributed by atoms with Gasteiger partial charge in [0.15, 0.2) is 0 Å². The molecule has 0 radical (unpaired) electrons. The lowest BCUT2D eigenvalue weighted by molar-refractivity contribution is 0.0580. The first-order valence-corrected chi connectivity index (χ1v) is 6.10. The zero-order chi connectivity index (χ0) is 15.5. The quantitative estimate of drug-likeness (QED) is 0.664. The third kappa shape index (κ3) is 3.88. The number of hydrogen-bond donors (Lipinski definition) is 1. The Morgan fingerprint density at radius 2 is 1.85 bits per heavy atom. The highest BCUT2D eigenvalue weighted by atomic mass is 16.6. The van der Waals surface area contributed by atoms with E-state index in [2.05, 4.69) is 4.74 Å². The summed E-state index contributed by atoms with van der Waals surface area (Å²) >= 11 is 0. The molecule has 0 aromatic heterocycles. The maximum absolute atomic E-state index is 12.0. The van der Waals surface area contributed by atoms with E-state index < -0.39 is 17.7 Å². The van der Waals surface area contributed by atoms with Gasteiger partial charge >= 0.3 is 12.1 Å². The Bertz CT molecular complexity index is 520. The molecule has 0 saturated carbocycles. The Morgan fingerprint density at radius 3 is 2.35 bits per heavy atom. The van der Waals surface area contributed by atoms with Crippen molar-refractivity contribution in [2.24, 2.45) is 0 Å². The van der Waals surface area contributed by atoms with Crippen molar-refractivity contribution in [1.82, 2.24) is 0 Å². The van der Waals surface area contributed by atoms with Crippen LogP contribution in [0.2, 0.25) is 0 Å². The van der Waals surface area contributed by atoms with Crippen LogP contribution in [0.25, 0.3) is 0 Å². The van der Waals surface area contributed by atoms with Gasteiger partial charge in [-0.15, -0.1) is 0 Å². The van der Waals surface area contributed by atoms with Crippen LogP contribution >= 0.6 is 0 Å². The molecular formula is C14H20N2O4. The minimum atomic E-state index is -0.593. The molecule has 6 heteroatoms. The van der Waals surface area contributed by atoms with Gasteiger partial charge < -0.3 is 15.2 Å². The molecule has 0 heterocycles. The van der Waals surface area contributed by atoms with Crippen LogP contribution in [0.3, 0.4) is 0 Å². The van der Waals surface area contributed by atoms with E-state index in [-0.39, 0.29) is 11.3 Å². The maximum atomic E-state index is 12.0. The molecule has 20 heavy (non-hydrogen) atoms. The second-order valence-electron chi connectivity index (χ2n) is 5.30. The van der Waals surface area contributed by atoms with Gasteiger partial charge in [0, 0.05) is 18.4 Å². The molecular weight excluding hydrogens is 260 g/mol. The zero-order valence-corrected chi connectivity index (χ0v) is 12.4. The lowest BCUT2D eigenvalue weighted by Crippen LogP contribution is -2.34. The number of nitrogen functional groups attached to an aromatic ring is 1. The molecule has 1 aromatic carbocycles. The van der Waals surface area contributed by atoms with Crippen LogP contribution in [0.5, 0.6) is 0 Å². The fourth-order valence-corrected chi connectivity index (χ4v) is 1.48. The molecule has 0 spiro atoms. The van der Waals surface area contributed by atoms with E-state index in [1.807, 2.05) is 0 Å². The van der Waals surface area contributed by atoms with Gasteiger partial charge in [-0.05, 0) is 39.0 Å². The van der Waals surface area contributed by atoms with Crippen molar-refractivity contribution in [3.63, 3.8) is 0 Å². The topological polar surface area (TPSA) is 81.9 Å². The summed E-state index contributed by atoms with van der Waals surface area (Å²) in [7, 11) is 2.83. The minimum absolute atomic E-state index is 0.209. The number of hydrogen-bond acceptors (Lipinski definition) is 5. The average Bonchev–Trinajstić information content (AvgIpc) is 2.35. The molecule has 0 saturated heterocycles. The fourth-order valence-electron chi connectivity index (χ4n) is 1.48. The molecule has 1 amide bonds. The van der Waals surface area contributed by atoms with E-state index in [4.69, 9.17) is 10.5 Å². The van der Waals surface area contributed by atoms with Crippen molar-refractivity contribution in [1.29, 1.82) is 0 Å². The number of nitrogens with zero attached hydrogens (tertiary/aromatic N) is 1. The van der Waals surface area contributed by atoms with Crippen molar-refractivity contribution in [2.75, 3.05) is 24.8 Å². The van der Waals surface area contributed by atoms with E-state index >= 15 is 0 Å². The van der Waals surface area contributed by atoms with Crippen LogP contribution in [0, 0.1) is 0 Å². The monoisotopic (exact) mass is 280 g/mol. The molecule has 0 aliphatic heterocycles. The lowest BCUT2D eigenvalue weighted by atomic mass is 10.1. The molecule has 1 rings (SSSR count). The van der Waals surface area contributed by atoms with Crippen molar-refractivity contribution < 1.29 is 19.1 Å². The van der Waals surface area contributed by atoms with Gasteiger partial charge in [-0.25, -0.2) is 9.59 Å². The van der Waals surface area contributed by atoms with Crippen LogP contribution in [0.1, 0.15) is 31.1 Å². The fraction of sp³-hybridized carbons (Fsp3) is 0.429. The van der Waals surface area contributed by atoms with Crippen molar-refractivity contribution >= 4 is 23.4 Å². The molecule has 0 unspecified atom stereocenters. The standard InChI is InChI=1S/C14H20N2O4/c1-14(2,3)20-13(18)16(4)9-6-7-11(15)10(8-9)12(17)19-5/h6-8H,15H2,1-5H3. The summed E-state index contributed by atoms with van der Waals surface area (Å²) in [5.41, 5.74) is 6.11. The smallest absolute Gasteiger partial charge is 0.414 e. The summed E-state index contributed by atoms with van der Waals surface area (Å²) in [4.78, 5) is 24.8. The number of carbonyl (C=O) groups excluding carboxylic acids is 2. The Kier molecular flexibility index (Phi) is 4.60. The van der Waals surface area contributed by atoms with Gasteiger partial charge in [-0.1, -0.05) is 0 Å². The third-order valence-corrected chi connectivity index (χ3v) is 2.50. The number of rotatable bonds is 2. The van der Waals surface area contributed by atoms with Crippen molar-refractivity contribution in [3.8, 4) is 0 Å². The van der Waals surface area contributed by atoms with E-state index in [0.29, 0.717) is 5.69 Å². The molecule has 110 valence electrons. The first-order chi connectivity index (χ1) is 9.15. The number of methoxy groups -OCH3 is 1.